The maximum atomic E-state index is 14.4. The van der Waals surface area contributed by atoms with Gasteiger partial charge in [-0.3, -0.25) is 0 Å². The molecule has 2 rings (SSSR count). The first kappa shape index (κ1) is 22.1. The molecular weight excluding hydrogens is 393 g/mol. The van der Waals surface area contributed by atoms with Crippen molar-refractivity contribution in [1.29, 1.82) is 0 Å². The number of rotatable bonds is 6. The Kier molecular flexibility index (Phi) is 7.01. The molecule has 0 unspecified atom stereocenters. The smallest absolute Gasteiger partial charge is 0.412 e. The van der Waals surface area contributed by atoms with Gasteiger partial charge in [-0.1, -0.05) is 12.2 Å². The van der Waals surface area contributed by atoms with Crippen molar-refractivity contribution in [3.05, 3.63) is 48.3 Å². The summed E-state index contributed by atoms with van der Waals surface area (Å²) in [6, 6.07) is 0.887. The molecule has 1 saturated carbocycles. The van der Waals surface area contributed by atoms with Crippen LogP contribution < -0.4 is 9.47 Å². The van der Waals surface area contributed by atoms with Gasteiger partial charge in [0.1, 0.15) is 5.75 Å². The first-order valence-corrected chi connectivity index (χ1v) is 8.61. The van der Waals surface area contributed by atoms with Crippen LogP contribution in [0.3, 0.4) is 0 Å². The summed E-state index contributed by atoms with van der Waals surface area (Å²) in [7, 11) is 0. The summed E-state index contributed by atoms with van der Waals surface area (Å²) in [6.07, 6.45) is -3.39. The third-order valence-corrected chi connectivity index (χ3v) is 4.38. The van der Waals surface area contributed by atoms with Gasteiger partial charge in [-0.25, -0.2) is 8.78 Å². The summed E-state index contributed by atoms with van der Waals surface area (Å²) in [5, 5.41) is 0. The van der Waals surface area contributed by atoms with E-state index in [1.807, 2.05) is 19.1 Å². The SMILES string of the molecule is CC=CC1CCC(C(F)(F)Oc2cc(F)c(OC=CC(F)(F)F)c(F)c2)CC1. The Morgan fingerprint density at radius 3 is 2.04 bits per heavy atom. The van der Waals surface area contributed by atoms with Gasteiger partial charge in [0.25, 0.3) is 0 Å². The highest BCUT2D eigenvalue weighted by Gasteiger charge is 2.44. The molecule has 0 atom stereocenters. The second-order valence-electron chi connectivity index (χ2n) is 6.48. The van der Waals surface area contributed by atoms with E-state index in [4.69, 9.17) is 0 Å². The second-order valence-corrected chi connectivity index (χ2v) is 6.48. The Hall–Kier alpha value is -2.19. The van der Waals surface area contributed by atoms with E-state index in [1.54, 1.807) is 0 Å². The maximum absolute atomic E-state index is 14.4. The van der Waals surface area contributed by atoms with E-state index in [9.17, 15) is 30.7 Å². The van der Waals surface area contributed by atoms with Crippen LogP contribution in [0.25, 0.3) is 0 Å². The fourth-order valence-electron chi connectivity index (χ4n) is 3.05. The van der Waals surface area contributed by atoms with Gasteiger partial charge in [-0.15, -0.1) is 0 Å². The Bertz CT molecular complexity index is 694. The molecular formula is C19H19F7O2. The van der Waals surface area contributed by atoms with Gasteiger partial charge >= 0.3 is 12.3 Å². The van der Waals surface area contributed by atoms with Gasteiger partial charge in [0, 0.05) is 12.1 Å². The lowest BCUT2D eigenvalue weighted by atomic mass is 9.81. The molecule has 1 aromatic carbocycles. The van der Waals surface area contributed by atoms with Gasteiger partial charge in [0.05, 0.1) is 18.3 Å². The van der Waals surface area contributed by atoms with E-state index < -0.39 is 41.3 Å². The van der Waals surface area contributed by atoms with Crippen LogP contribution in [0, 0.1) is 23.5 Å². The topological polar surface area (TPSA) is 18.5 Å². The minimum Gasteiger partial charge on any atom is -0.459 e. The standard InChI is InChI=1S/C19H19F7O2/c1-2-3-12-4-6-13(7-5-12)19(25,26)28-14-10-15(20)17(16(21)11-14)27-9-8-18(22,23)24/h2-3,8-13H,4-7H2,1H3. The van der Waals surface area contributed by atoms with E-state index in [-0.39, 0.29) is 31.1 Å². The van der Waals surface area contributed by atoms with Crippen LogP contribution in [0.4, 0.5) is 30.7 Å². The van der Waals surface area contributed by atoms with Gasteiger partial charge in [-0.2, -0.15) is 22.0 Å². The Balaban J connectivity index is 2.06. The second kappa shape index (κ2) is 8.87. The molecule has 0 spiro atoms. The summed E-state index contributed by atoms with van der Waals surface area (Å²) in [5.41, 5.74) is 0. The number of halogens is 7. The molecule has 1 aromatic rings. The highest BCUT2D eigenvalue weighted by molar-refractivity contribution is 5.35. The number of hydrogen-bond acceptors (Lipinski definition) is 2. The summed E-state index contributed by atoms with van der Waals surface area (Å²) < 4.78 is 101. The van der Waals surface area contributed by atoms with Crippen LogP contribution in [-0.2, 0) is 0 Å². The number of benzene rings is 1. The third kappa shape index (κ3) is 6.17. The molecule has 9 heteroatoms. The summed E-state index contributed by atoms with van der Waals surface area (Å²) in [4.78, 5) is 0. The summed E-state index contributed by atoms with van der Waals surface area (Å²) >= 11 is 0. The lowest BCUT2D eigenvalue weighted by Gasteiger charge is -2.32. The van der Waals surface area contributed by atoms with E-state index in [0.717, 1.165) is 0 Å². The molecule has 0 amide bonds. The third-order valence-electron chi connectivity index (χ3n) is 4.38. The zero-order valence-corrected chi connectivity index (χ0v) is 14.9. The van der Waals surface area contributed by atoms with Crippen LogP contribution in [-0.4, -0.2) is 12.3 Å². The quantitative estimate of drug-likeness (QED) is 0.292. The lowest BCUT2D eigenvalue weighted by Crippen LogP contribution is -2.37. The number of hydrogen-bond donors (Lipinski definition) is 0. The van der Waals surface area contributed by atoms with Crippen molar-refractivity contribution in [2.24, 2.45) is 11.8 Å². The molecule has 2 nitrogen and oxygen atoms in total. The van der Waals surface area contributed by atoms with E-state index >= 15 is 0 Å². The van der Waals surface area contributed by atoms with Crippen LogP contribution in [0.2, 0.25) is 0 Å². The molecule has 28 heavy (non-hydrogen) atoms. The van der Waals surface area contributed by atoms with Crippen LogP contribution in [0.5, 0.6) is 11.5 Å². The first-order chi connectivity index (χ1) is 13.0. The van der Waals surface area contributed by atoms with Crippen molar-refractivity contribution in [3.63, 3.8) is 0 Å². The van der Waals surface area contributed by atoms with E-state index in [0.29, 0.717) is 25.0 Å². The predicted molar refractivity (Wildman–Crippen MR) is 88.0 cm³/mol. The van der Waals surface area contributed by atoms with Crippen molar-refractivity contribution in [1.82, 2.24) is 0 Å². The molecule has 0 aromatic heterocycles. The zero-order chi connectivity index (χ0) is 20.9. The molecule has 1 aliphatic carbocycles. The zero-order valence-electron chi connectivity index (χ0n) is 14.9. The van der Waals surface area contributed by atoms with Crippen LogP contribution in [0.15, 0.2) is 36.6 Å². The molecule has 0 N–H and O–H groups in total. The van der Waals surface area contributed by atoms with Crippen molar-refractivity contribution in [2.45, 2.75) is 44.9 Å². The molecule has 156 valence electrons. The monoisotopic (exact) mass is 412 g/mol. The number of ether oxygens (including phenoxy) is 2. The van der Waals surface area contributed by atoms with Gasteiger partial charge in [0.15, 0.2) is 17.4 Å². The maximum Gasteiger partial charge on any atom is 0.412 e. The van der Waals surface area contributed by atoms with Gasteiger partial charge in [-0.05, 0) is 38.5 Å². The van der Waals surface area contributed by atoms with Gasteiger partial charge < -0.3 is 9.47 Å². The molecule has 0 bridgehead atoms. The van der Waals surface area contributed by atoms with Crippen molar-refractivity contribution in [3.8, 4) is 11.5 Å². The minimum atomic E-state index is -4.73. The van der Waals surface area contributed by atoms with Crippen molar-refractivity contribution >= 4 is 0 Å². The molecule has 0 heterocycles. The molecule has 0 aliphatic heterocycles. The Morgan fingerprint density at radius 1 is 0.964 bits per heavy atom. The van der Waals surface area contributed by atoms with Gasteiger partial charge in [0.2, 0.25) is 0 Å². The lowest BCUT2D eigenvalue weighted by molar-refractivity contribution is -0.223. The number of alkyl halides is 5. The first-order valence-electron chi connectivity index (χ1n) is 8.61. The van der Waals surface area contributed by atoms with Crippen LogP contribution in [0.1, 0.15) is 32.6 Å². The van der Waals surface area contributed by atoms with Crippen molar-refractivity contribution < 1.29 is 40.2 Å². The molecule has 1 fully saturated rings. The van der Waals surface area contributed by atoms with Crippen molar-refractivity contribution in [2.75, 3.05) is 0 Å². The largest absolute Gasteiger partial charge is 0.459 e. The van der Waals surface area contributed by atoms with Crippen LogP contribution >= 0.6 is 0 Å². The summed E-state index contributed by atoms with van der Waals surface area (Å²) in [6.45, 7) is 1.85. The average Bonchev–Trinajstić information content (AvgIpc) is 2.57. The molecule has 0 saturated heterocycles. The Labute approximate surface area is 157 Å². The minimum absolute atomic E-state index is 0.0554. The molecule has 0 radical (unpaired) electrons. The fourth-order valence-corrected chi connectivity index (χ4v) is 3.05. The summed E-state index contributed by atoms with van der Waals surface area (Å²) in [5.74, 6) is -5.74. The highest BCUT2D eigenvalue weighted by atomic mass is 19.4. The Morgan fingerprint density at radius 2 is 1.54 bits per heavy atom. The number of allylic oxidation sites excluding steroid dienone is 3. The fraction of sp³-hybridized carbons (Fsp3) is 0.474. The highest BCUT2D eigenvalue weighted by Crippen LogP contribution is 2.41. The van der Waals surface area contributed by atoms with E-state index in [2.05, 4.69) is 9.47 Å². The normalized spacial score (nSPS) is 21.4. The molecule has 1 aliphatic rings. The van der Waals surface area contributed by atoms with E-state index in [1.165, 1.54) is 0 Å². The predicted octanol–water partition coefficient (Wildman–Crippen LogP) is 6.77. The average molecular weight is 412 g/mol.